The molecule has 62 valence electrons. The van der Waals surface area contributed by atoms with Crippen molar-refractivity contribution in [2.75, 3.05) is 7.05 Å². The Hall–Kier alpha value is -0.280. The first kappa shape index (κ1) is 12.4. The van der Waals surface area contributed by atoms with Crippen molar-refractivity contribution in [2.45, 2.75) is 25.8 Å². The van der Waals surface area contributed by atoms with Crippen LogP contribution in [0.25, 0.3) is 0 Å². The van der Waals surface area contributed by atoms with Crippen LogP contribution >= 0.6 is 12.4 Å². The van der Waals surface area contributed by atoms with Gasteiger partial charge in [-0.2, -0.15) is 0 Å². The first-order valence-electron chi connectivity index (χ1n) is 3.19. The molecular formula is C6H15ClN2O. The molecule has 0 unspecified atom stereocenters. The first-order valence-corrected chi connectivity index (χ1v) is 3.19. The van der Waals surface area contributed by atoms with E-state index in [0.717, 1.165) is 12.8 Å². The maximum atomic E-state index is 10.7. The fourth-order valence-corrected chi connectivity index (χ4v) is 0.627. The summed E-state index contributed by atoms with van der Waals surface area (Å²) in [4.78, 5) is 10.7. The predicted molar refractivity (Wildman–Crippen MR) is 44.2 cm³/mol. The van der Waals surface area contributed by atoms with Crippen LogP contribution < -0.4 is 11.1 Å². The molecule has 0 aliphatic rings. The first-order chi connectivity index (χ1) is 4.22. The van der Waals surface area contributed by atoms with Crippen LogP contribution in [0.5, 0.6) is 0 Å². The number of hydrogen-bond donors (Lipinski definition) is 2. The lowest BCUT2D eigenvalue weighted by molar-refractivity contribution is -0.122. The second kappa shape index (κ2) is 6.83. The molecule has 0 spiro atoms. The molecule has 1 amide bonds. The number of carbonyl (C=O) groups is 1. The summed E-state index contributed by atoms with van der Waals surface area (Å²) in [5, 5.41) is 2.49. The fourth-order valence-electron chi connectivity index (χ4n) is 0.627. The quantitative estimate of drug-likeness (QED) is 0.633. The van der Waals surface area contributed by atoms with Gasteiger partial charge in [-0.25, -0.2) is 0 Å². The van der Waals surface area contributed by atoms with Gasteiger partial charge in [0.1, 0.15) is 0 Å². The molecule has 3 N–H and O–H groups in total. The van der Waals surface area contributed by atoms with E-state index in [2.05, 4.69) is 5.32 Å². The third kappa shape index (κ3) is 4.58. The van der Waals surface area contributed by atoms with Crippen molar-refractivity contribution in [3.8, 4) is 0 Å². The summed E-state index contributed by atoms with van der Waals surface area (Å²) in [5.41, 5.74) is 5.43. The Morgan fingerprint density at radius 3 is 2.50 bits per heavy atom. The molecule has 0 aromatic carbocycles. The normalized spacial score (nSPS) is 11.5. The average molecular weight is 167 g/mol. The van der Waals surface area contributed by atoms with Gasteiger partial charge in [0, 0.05) is 7.05 Å². The van der Waals surface area contributed by atoms with Crippen molar-refractivity contribution in [3.05, 3.63) is 0 Å². The van der Waals surface area contributed by atoms with E-state index in [-0.39, 0.29) is 24.4 Å². The predicted octanol–water partition coefficient (Wildman–Crippen LogP) is 0.282. The molecule has 0 saturated heterocycles. The summed E-state index contributed by atoms with van der Waals surface area (Å²) in [6, 6.07) is -0.319. The van der Waals surface area contributed by atoms with Crippen molar-refractivity contribution in [1.29, 1.82) is 0 Å². The lowest BCUT2D eigenvalue weighted by Gasteiger charge is -2.06. The van der Waals surface area contributed by atoms with E-state index in [4.69, 9.17) is 5.73 Å². The molecule has 0 saturated carbocycles. The van der Waals surface area contributed by atoms with Crippen LogP contribution in [0.1, 0.15) is 19.8 Å². The van der Waals surface area contributed by atoms with E-state index >= 15 is 0 Å². The van der Waals surface area contributed by atoms with Gasteiger partial charge in [-0.1, -0.05) is 13.3 Å². The summed E-state index contributed by atoms with van der Waals surface area (Å²) >= 11 is 0. The second-order valence-electron chi connectivity index (χ2n) is 2.01. The van der Waals surface area contributed by atoms with Gasteiger partial charge in [-0.3, -0.25) is 4.79 Å². The highest BCUT2D eigenvalue weighted by Gasteiger charge is 2.08. The van der Waals surface area contributed by atoms with E-state index in [1.54, 1.807) is 7.05 Å². The number of halogens is 1. The zero-order valence-electron chi connectivity index (χ0n) is 6.39. The lowest BCUT2D eigenvalue weighted by atomic mass is 10.2. The molecule has 0 radical (unpaired) electrons. The molecule has 3 nitrogen and oxygen atoms in total. The molecule has 10 heavy (non-hydrogen) atoms. The average Bonchev–Trinajstić information content (AvgIpc) is 1.87. The number of hydrogen-bond acceptors (Lipinski definition) is 2. The molecule has 0 bridgehead atoms. The minimum Gasteiger partial charge on any atom is -0.358 e. The van der Waals surface area contributed by atoms with E-state index in [0.29, 0.717) is 0 Å². The molecule has 1 atom stereocenters. The van der Waals surface area contributed by atoms with E-state index in [9.17, 15) is 4.79 Å². The number of nitrogens with one attached hydrogen (secondary N) is 1. The van der Waals surface area contributed by atoms with Crippen molar-refractivity contribution < 1.29 is 4.79 Å². The Balaban J connectivity index is 0. The van der Waals surface area contributed by atoms with E-state index in [1.807, 2.05) is 6.92 Å². The lowest BCUT2D eigenvalue weighted by Crippen LogP contribution is -2.38. The van der Waals surface area contributed by atoms with Crippen LogP contribution in [0.15, 0.2) is 0 Å². The number of nitrogens with two attached hydrogens (primary N) is 1. The highest BCUT2D eigenvalue weighted by atomic mass is 35.5. The van der Waals surface area contributed by atoms with Crippen molar-refractivity contribution in [3.63, 3.8) is 0 Å². The van der Waals surface area contributed by atoms with Crippen LogP contribution in [0.4, 0.5) is 0 Å². The van der Waals surface area contributed by atoms with Gasteiger partial charge in [0.05, 0.1) is 6.04 Å². The van der Waals surface area contributed by atoms with Gasteiger partial charge in [0.15, 0.2) is 0 Å². The van der Waals surface area contributed by atoms with E-state index in [1.165, 1.54) is 0 Å². The van der Waals surface area contributed by atoms with Crippen LogP contribution in [-0.4, -0.2) is 19.0 Å². The number of amides is 1. The molecule has 0 heterocycles. The third-order valence-electron chi connectivity index (χ3n) is 1.18. The van der Waals surface area contributed by atoms with Gasteiger partial charge in [0.25, 0.3) is 0 Å². The Morgan fingerprint density at radius 1 is 1.70 bits per heavy atom. The van der Waals surface area contributed by atoms with Crippen molar-refractivity contribution in [1.82, 2.24) is 5.32 Å². The summed E-state index contributed by atoms with van der Waals surface area (Å²) in [6.45, 7) is 2.00. The highest BCUT2D eigenvalue weighted by Crippen LogP contribution is 1.91. The number of likely N-dealkylation sites (N-methyl/N-ethyl adjacent to an activating group) is 1. The summed E-state index contributed by atoms with van der Waals surface area (Å²) in [6.07, 6.45) is 1.72. The Kier molecular flexibility index (Phi) is 8.48. The molecule has 0 aromatic heterocycles. The molecule has 0 fully saturated rings. The van der Waals surface area contributed by atoms with Crippen LogP contribution in [0.3, 0.4) is 0 Å². The van der Waals surface area contributed by atoms with Gasteiger partial charge in [-0.05, 0) is 6.42 Å². The summed E-state index contributed by atoms with van der Waals surface area (Å²) in [7, 11) is 1.60. The van der Waals surface area contributed by atoms with Gasteiger partial charge in [0.2, 0.25) is 5.91 Å². The smallest absolute Gasteiger partial charge is 0.236 e. The maximum absolute atomic E-state index is 10.7. The Bertz CT molecular complexity index is 97.7. The van der Waals surface area contributed by atoms with Crippen LogP contribution in [0.2, 0.25) is 0 Å². The molecule has 0 aromatic rings. The van der Waals surface area contributed by atoms with Crippen LogP contribution in [-0.2, 0) is 4.79 Å². The number of carbonyl (C=O) groups excluding carboxylic acids is 1. The minimum absolute atomic E-state index is 0. The molecule has 0 rings (SSSR count). The summed E-state index contributed by atoms with van der Waals surface area (Å²) in [5.74, 6) is -0.0724. The molecule has 0 aliphatic carbocycles. The summed E-state index contributed by atoms with van der Waals surface area (Å²) < 4.78 is 0. The Labute approximate surface area is 67.8 Å². The fraction of sp³-hybridized carbons (Fsp3) is 0.833. The SMILES string of the molecule is CCC[C@@H](N)C(=O)NC.Cl. The zero-order valence-corrected chi connectivity index (χ0v) is 7.20. The van der Waals surface area contributed by atoms with Crippen molar-refractivity contribution >= 4 is 18.3 Å². The van der Waals surface area contributed by atoms with Gasteiger partial charge >= 0.3 is 0 Å². The molecular weight excluding hydrogens is 152 g/mol. The van der Waals surface area contributed by atoms with Crippen molar-refractivity contribution in [2.24, 2.45) is 5.73 Å². The van der Waals surface area contributed by atoms with Gasteiger partial charge < -0.3 is 11.1 Å². The molecule has 0 aliphatic heterocycles. The largest absolute Gasteiger partial charge is 0.358 e. The third-order valence-corrected chi connectivity index (χ3v) is 1.18. The van der Waals surface area contributed by atoms with E-state index < -0.39 is 0 Å². The zero-order chi connectivity index (χ0) is 7.28. The highest BCUT2D eigenvalue weighted by molar-refractivity contribution is 5.85. The monoisotopic (exact) mass is 166 g/mol. The van der Waals surface area contributed by atoms with Gasteiger partial charge in [-0.15, -0.1) is 12.4 Å². The topological polar surface area (TPSA) is 55.1 Å². The number of rotatable bonds is 3. The maximum Gasteiger partial charge on any atom is 0.236 e. The second-order valence-corrected chi connectivity index (χ2v) is 2.01. The minimum atomic E-state index is -0.319. The van der Waals surface area contributed by atoms with Crippen LogP contribution in [0, 0.1) is 0 Å². The standard InChI is InChI=1S/C6H14N2O.ClH/c1-3-4-5(7)6(9)8-2;/h5H,3-4,7H2,1-2H3,(H,8,9);1H/t5-;/m1./s1. The Morgan fingerprint density at radius 2 is 2.20 bits per heavy atom. The molecule has 4 heteroatoms.